The van der Waals surface area contributed by atoms with Gasteiger partial charge < -0.3 is 9.47 Å². The number of imidazole rings is 1. The highest BCUT2D eigenvalue weighted by molar-refractivity contribution is 6.27. The molecule has 0 aliphatic rings. The van der Waals surface area contributed by atoms with E-state index in [1.54, 1.807) is 18.1 Å². The Labute approximate surface area is 82.1 Å². The summed E-state index contributed by atoms with van der Waals surface area (Å²) >= 11 is 5.41. The van der Waals surface area contributed by atoms with Crippen LogP contribution in [0.4, 0.5) is 0 Å². The zero-order valence-electron chi connectivity index (χ0n) is 7.70. The lowest BCUT2D eigenvalue weighted by atomic mass is 10.5. The van der Waals surface area contributed by atoms with Crippen molar-refractivity contribution in [3.63, 3.8) is 0 Å². The van der Waals surface area contributed by atoms with E-state index in [9.17, 15) is 4.79 Å². The Morgan fingerprint density at radius 1 is 1.77 bits per heavy atom. The first-order chi connectivity index (χ1) is 6.15. The molecule has 0 saturated carbocycles. The Kier molecular flexibility index (Phi) is 3.31. The summed E-state index contributed by atoms with van der Waals surface area (Å²) in [5, 5.41) is 0. The molecule has 0 unspecified atom stereocenters. The molecular weight excluding hydrogens is 190 g/mol. The highest BCUT2D eigenvalue weighted by Crippen LogP contribution is 1.99. The van der Waals surface area contributed by atoms with Crippen LogP contribution in [0.3, 0.4) is 0 Å². The zero-order valence-corrected chi connectivity index (χ0v) is 8.45. The summed E-state index contributed by atoms with van der Waals surface area (Å²) in [5.74, 6) is 0.770. The van der Waals surface area contributed by atoms with Crippen molar-refractivity contribution in [2.24, 2.45) is 7.05 Å². The molecule has 0 bridgehead atoms. The number of alkyl halides is 1. The highest BCUT2D eigenvalue weighted by Gasteiger charge is 2.09. The average molecular weight is 202 g/mol. The van der Waals surface area contributed by atoms with Gasteiger partial charge in [-0.3, -0.25) is 4.79 Å². The number of hydrogen-bond donors (Lipinski definition) is 0. The summed E-state index contributed by atoms with van der Waals surface area (Å²) in [6, 6.07) is 0. The first kappa shape index (κ1) is 10.1. The van der Waals surface area contributed by atoms with E-state index >= 15 is 0 Å². The molecule has 0 saturated heterocycles. The third-order valence-corrected chi connectivity index (χ3v) is 2.07. The average Bonchev–Trinajstić information content (AvgIpc) is 2.50. The van der Waals surface area contributed by atoms with Crippen molar-refractivity contribution in [1.29, 1.82) is 0 Å². The van der Waals surface area contributed by atoms with Gasteiger partial charge in [0.2, 0.25) is 5.91 Å². The molecule has 1 heterocycles. The largest absolute Gasteiger partial charge is 0.337 e. The SMILES string of the molecule is CN(Cc1nccn1C)C(=O)CCl. The van der Waals surface area contributed by atoms with Crippen LogP contribution in [0.1, 0.15) is 5.82 Å². The first-order valence-corrected chi connectivity index (χ1v) is 4.44. The fourth-order valence-corrected chi connectivity index (χ4v) is 1.16. The van der Waals surface area contributed by atoms with Crippen LogP contribution >= 0.6 is 11.6 Å². The zero-order chi connectivity index (χ0) is 9.84. The first-order valence-electron chi connectivity index (χ1n) is 3.91. The van der Waals surface area contributed by atoms with Gasteiger partial charge in [0.15, 0.2) is 0 Å². The predicted octanol–water partition coefficient (Wildman–Crippen LogP) is 0.617. The van der Waals surface area contributed by atoms with Gasteiger partial charge in [0.25, 0.3) is 0 Å². The number of amides is 1. The van der Waals surface area contributed by atoms with E-state index in [4.69, 9.17) is 11.6 Å². The van der Waals surface area contributed by atoms with Crippen LogP contribution in [0.25, 0.3) is 0 Å². The maximum atomic E-state index is 11.1. The van der Waals surface area contributed by atoms with Crippen LogP contribution < -0.4 is 0 Å². The molecule has 0 fully saturated rings. The number of rotatable bonds is 3. The minimum absolute atomic E-state index is 0.0148. The van der Waals surface area contributed by atoms with Crippen LogP contribution in [-0.2, 0) is 18.4 Å². The van der Waals surface area contributed by atoms with E-state index in [1.165, 1.54) is 0 Å². The van der Waals surface area contributed by atoms with E-state index in [0.29, 0.717) is 6.54 Å². The molecule has 4 nitrogen and oxygen atoms in total. The summed E-state index contributed by atoms with van der Waals surface area (Å²) in [6.07, 6.45) is 3.54. The fraction of sp³-hybridized carbons (Fsp3) is 0.500. The van der Waals surface area contributed by atoms with Gasteiger partial charge in [-0.1, -0.05) is 0 Å². The molecule has 72 valence electrons. The number of aryl methyl sites for hydroxylation is 1. The Morgan fingerprint density at radius 2 is 2.46 bits per heavy atom. The topological polar surface area (TPSA) is 38.1 Å². The van der Waals surface area contributed by atoms with Gasteiger partial charge in [0.1, 0.15) is 11.7 Å². The van der Waals surface area contributed by atoms with Gasteiger partial charge in [0.05, 0.1) is 6.54 Å². The van der Waals surface area contributed by atoms with Crippen molar-refractivity contribution in [2.45, 2.75) is 6.54 Å². The van der Waals surface area contributed by atoms with Gasteiger partial charge in [-0.25, -0.2) is 4.98 Å². The molecule has 0 aliphatic carbocycles. The molecule has 0 aromatic carbocycles. The number of nitrogens with zero attached hydrogens (tertiary/aromatic N) is 3. The molecule has 1 amide bonds. The van der Waals surface area contributed by atoms with Crippen molar-refractivity contribution >= 4 is 17.5 Å². The van der Waals surface area contributed by atoms with Crippen LogP contribution in [0, 0.1) is 0 Å². The lowest BCUT2D eigenvalue weighted by Gasteiger charge is -2.14. The Hall–Kier alpha value is -1.03. The summed E-state index contributed by atoms with van der Waals surface area (Å²) in [4.78, 5) is 16.8. The number of aromatic nitrogens is 2. The molecule has 13 heavy (non-hydrogen) atoms. The fourth-order valence-electron chi connectivity index (χ4n) is 0.951. The molecule has 1 aromatic heterocycles. The van der Waals surface area contributed by atoms with Crippen LogP contribution in [-0.4, -0.2) is 33.3 Å². The van der Waals surface area contributed by atoms with Gasteiger partial charge in [0, 0.05) is 26.5 Å². The molecule has 0 radical (unpaired) electrons. The second kappa shape index (κ2) is 4.28. The maximum Gasteiger partial charge on any atom is 0.237 e. The third-order valence-electron chi connectivity index (χ3n) is 1.84. The summed E-state index contributed by atoms with van der Waals surface area (Å²) in [6.45, 7) is 0.495. The molecule has 5 heteroatoms. The summed E-state index contributed by atoms with van der Waals surface area (Å²) in [5.41, 5.74) is 0. The lowest BCUT2D eigenvalue weighted by Crippen LogP contribution is -2.28. The Balaban J connectivity index is 2.59. The molecule has 0 N–H and O–H groups in total. The third kappa shape index (κ3) is 2.45. The van der Waals surface area contributed by atoms with Crippen molar-refractivity contribution in [1.82, 2.24) is 14.5 Å². The number of halogens is 1. The Morgan fingerprint density at radius 3 is 2.92 bits per heavy atom. The quantitative estimate of drug-likeness (QED) is 0.673. The van der Waals surface area contributed by atoms with E-state index < -0.39 is 0 Å². The van der Waals surface area contributed by atoms with Gasteiger partial charge in [-0.05, 0) is 0 Å². The summed E-state index contributed by atoms with van der Waals surface area (Å²) in [7, 11) is 3.60. The van der Waals surface area contributed by atoms with E-state index in [2.05, 4.69) is 4.98 Å². The molecule has 1 aromatic rings. The van der Waals surface area contributed by atoms with Gasteiger partial charge >= 0.3 is 0 Å². The van der Waals surface area contributed by atoms with Crippen molar-refractivity contribution in [3.05, 3.63) is 18.2 Å². The van der Waals surface area contributed by atoms with E-state index in [0.717, 1.165) is 5.82 Å². The van der Waals surface area contributed by atoms with Crippen molar-refractivity contribution in [2.75, 3.05) is 12.9 Å². The molecule has 0 atom stereocenters. The van der Waals surface area contributed by atoms with E-state index in [1.807, 2.05) is 17.8 Å². The maximum absolute atomic E-state index is 11.1. The van der Waals surface area contributed by atoms with E-state index in [-0.39, 0.29) is 11.8 Å². The van der Waals surface area contributed by atoms with Gasteiger partial charge in [-0.15, -0.1) is 11.6 Å². The van der Waals surface area contributed by atoms with Crippen LogP contribution in [0.2, 0.25) is 0 Å². The van der Waals surface area contributed by atoms with Crippen molar-refractivity contribution in [3.8, 4) is 0 Å². The van der Waals surface area contributed by atoms with Crippen LogP contribution in [0.5, 0.6) is 0 Å². The lowest BCUT2D eigenvalue weighted by molar-refractivity contribution is -0.127. The monoisotopic (exact) mass is 201 g/mol. The second-order valence-corrected chi connectivity index (χ2v) is 3.11. The standard InChI is InChI=1S/C8H12ClN3O/c1-11-4-3-10-7(11)6-12(2)8(13)5-9/h3-4H,5-6H2,1-2H3. The second-order valence-electron chi connectivity index (χ2n) is 2.84. The summed E-state index contributed by atoms with van der Waals surface area (Å²) < 4.78 is 1.87. The highest BCUT2D eigenvalue weighted by atomic mass is 35.5. The molecule has 0 aliphatic heterocycles. The predicted molar refractivity (Wildman–Crippen MR) is 50.4 cm³/mol. The number of carbonyl (C=O) groups is 1. The number of hydrogen-bond acceptors (Lipinski definition) is 2. The number of carbonyl (C=O) groups excluding carboxylic acids is 1. The van der Waals surface area contributed by atoms with Gasteiger partial charge in [-0.2, -0.15) is 0 Å². The molecular formula is C8H12ClN3O. The minimum Gasteiger partial charge on any atom is -0.337 e. The normalized spacial score (nSPS) is 10.1. The van der Waals surface area contributed by atoms with Crippen molar-refractivity contribution < 1.29 is 4.79 Å². The smallest absolute Gasteiger partial charge is 0.237 e. The molecule has 0 spiro atoms. The Bertz CT molecular complexity index is 297. The van der Waals surface area contributed by atoms with Crippen LogP contribution in [0.15, 0.2) is 12.4 Å². The molecule has 1 rings (SSSR count). The minimum atomic E-state index is -0.0929.